The molecule has 0 saturated heterocycles. The SMILES string of the molecule is CC[C@H](C(=O)NC1CCCC1)N(Cc1ccccc1)C(=O)CN(c1cccc(C(F)(F)F)c1)S(=O)(=O)c1ccccc1. The van der Waals surface area contributed by atoms with Gasteiger partial charge in [-0.15, -0.1) is 0 Å². The van der Waals surface area contributed by atoms with E-state index in [1.54, 1.807) is 37.3 Å². The van der Waals surface area contributed by atoms with Gasteiger partial charge in [0, 0.05) is 12.6 Å². The summed E-state index contributed by atoms with van der Waals surface area (Å²) in [7, 11) is -4.47. The van der Waals surface area contributed by atoms with Crippen molar-refractivity contribution in [2.75, 3.05) is 10.8 Å². The second-order valence-corrected chi connectivity index (χ2v) is 12.2. The zero-order valence-corrected chi connectivity index (χ0v) is 24.1. The van der Waals surface area contributed by atoms with Crippen molar-refractivity contribution in [1.29, 1.82) is 0 Å². The van der Waals surface area contributed by atoms with Crippen molar-refractivity contribution >= 4 is 27.5 Å². The number of carbonyl (C=O) groups excluding carboxylic acids is 2. The molecule has 0 spiro atoms. The minimum absolute atomic E-state index is 0.000271. The lowest BCUT2D eigenvalue weighted by Gasteiger charge is -2.34. The summed E-state index contributed by atoms with van der Waals surface area (Å²) in [5.41, 5.74) is -0.649. The van der Waals surface area contributed by atoms with Gasteiger partial charge in [0.05, 0.1) is 16.1 Å². The highest BCUT2D eigenvalue weighted by Gasteiger charge is 2.36. The molecule has 2 amide bonds. The lowest BCUT2D eigenvalue weighted by Crippen LogP contribution is -2.53. The van der Waals surface area contributed by atoms with E-state index in [1.807, 2.05) is 6.07 Å². The van der Waals surface area contributed by atoms with Gasteiger partial charge in [-0.1, -0.05) is 74.4 Å². The minimum Gasteiger partial charge on any atom is -0.352 e. The monoisotopic (exact) mass is 601 g/mol. The Morgan fingerprint density at radius 1 is 0.929 bits per heavy atom. The molecule has 224 valence electrons. The van der Waals surface area contributed by atoms with E-state index in [1.165, 1.54) is 35.2 Å². The Balaban J connectivity index is 1.74. The van der Waals surface area contributed by atoms with Crippen molar-refractivity contribution in [2.24, 2.45) is 0 Å². The van der Waals surface area contributed by atoms with Crippen LogP contribution >= 0.6 is 0 Å². The van der Waals surface area contributed by atoms with Crippen molar-refractivity contribution in [3.8, 4) is 0 Å². The lowest BCUT2D eigenvalue weighted by atomic mass is 10.1. The molecule has 42 heavy (non-hydrogen) atoms. The maximum atomic E-state index is 14.1. The van der Waals surface area contributed by atoms with E-state index in [-0.39, 0.29) is 35.5 Å². The van der Waals surface area contributed by atoms with Crippen LogP contribution in [0, 0.1) is 0 Å². The van der Waals surface area contributed by atoms with Crippen LogP contribution in [0.4, 0.5) is 18.9 Å². The van der Waals surface area contributed by atoms with Gasteiger partial charge in [0.15, 0.2) is 0 Å². The molecule has 0 heterocycles. The van der Waals surface area contributed by atoms with Gasteiger partial charge in [0.2, 0.25) is 11.8 Å². The number of benzene rings is 3. The first-order chi connectivity index (χ1) is 20.0. The van der Waals surface area contributed by atoms with Crippen LogP contribution in [0.2, 0.25) is 0 Å². The van der Waals surface area contributed by atoms with Crippen LogP contribution in [0.1, 0.15) is 50.2 Å². The molecule has 1 fully saturated rings. The van der Waals surface area contributed by atoms with E-state index in [0.29, 0.717) is 10.4 Å². The summed E-state index contributed by atoms with van der Waals surface area (Å²) in [6.45, 7) is 0.964. The Kier molecular flexibility index (Phi) is 9.93. The fraction of sp³-hybridized carbons (Fsp3) is 0.355. The molecule has 1 aliphatic carbocycles. The quantitative estimate of drug-likeness (QED) is 0.303. The van der Waals surface area contributed by atoms with Gasteiger partial charge in [-0.05, 0) is 55.2 Å². The summed E-state index contributed by atoms with van der Waals surface area (Å²) >= 11 is 0. The number of nitrogens with one attached hydrogen (secondary N) is 1. The number of rotatable bonds is 11. The highest BCUT2D eigenvalue weighted by atomic mass is 32.2. The van der Waals surface area contributed by atoms with Crippen molar-refractivity contribution in [2.45, 2.75) is 68.7 Å². The Morgan fingerprint density at radius 3 is 2.14 bits per heavy atom. The summed E-state index contributed by atoms with van der Waals surface area (Å²) in [6.07, 6.45) is -0.796. The topological polar surface area (TPSA) is 86.8 Å². The molecule has 3 aromatic carbocycles. The van der Waals surface area contributed by atoms with Crippen LogP contribution in [-0.2, 0) is 32.3 Å². The normalized spacial score (nSPS) is 14.8. The van der Waals surface area contributed by atoms with Crippen LogP contribution in [0.15, 0.2) is 89.8 Å². The first kappa shape index (κ1) is 31.1. The second-order valence-electron chi connectivity index (χ2n) is 10.3. The molecular formula is C31H34F3N3O4S. The maximum absolute atomic E-state index is 14.1. The predicted octanol–water partition coefficient (Wildman–Crippen LogP) is 5.77. The number of sulfonamides is 1. The third-order valence-corrected chi connectivity index (χ3v) is 9.14. The van der Waals surface area contributed by atoms with Crippen molar-refractivity contribution in [1.82, 2.24) is 10.2 Å². The first-order valence-electron chi connectivity index (χ1n) is 13.9. The lowest BCUT2D eigenvalue weighted by molar-refractivity contribution is -0.140. The molecule has 1 saturated carbocycles. The van der Waals surface area contributed by atoms with E-state index in [9.17, 15) is 31.2 Å². The van der Waals surface area contributed by atoms with Gasteiger partial charge in [-0.25, -0.2) is 8.42 Å². The second kappa shape index (κ2) is 13.4. The molecule has 0 bridgehead atoms. The first-order valence-corrected chi connectivity index (χ1v) is 15.3. The zero-order valence-electron chi connectivity index (χ0n) is 23.3. The minimum atomic E-state index is -4.73. The molecule has 4 rings (SSSR count). The summed E-state index contributed by atoms with van der Waals surface area (Å²) in [5.74, 6) is -1.06. The molecule has 7 nitrogen and oxygen atoms in total. The van der Waals surface area contributed by atoms with Crippen LogP contribution in [0.25, 0.3) is 0 Å². The van der Waals surface area contributed by atoms with Crippen LogP contribution in [-0.4, -0.2) is 43.8 Å². The molecule has 1 N–H and O–H groups in total. The fourth-order valence-electron chi connectivity index (χ4n) is 5.15. The molecule has 0 unspecified atom stereocenters. The average molecular weight is 602 g/mol. The Bertz CT molecular complexity index is 1460. The highest BCUT2D eigenvalue weighted by Crippen LogP contribution is 2.33. The van der Waals surface area contributed by atoms with Crippen LogP contribution in [0.3, 0.4) is 0 Å². The molecule has 1 atom stereocenters. The smallest absolute Gasteiger partial charge is 0.352 e. The number of anilines is 1. The Morgan fingerprint density at radius 2 is 1.55 bits per heavy atom. The summed E-state index contributed by atoms with van der Waals surface area (Å²) in [6, 6.07) is 19.1. The highest BCUT2D eigenvalue weighted by molar-refractivity contribution is 7.92. The molecular weight excluding hydrogens is 567 g/mol. The fourth-order valence-corrected chi connectivity index (χ4v) is 6.58. The average Bonchev–Trinajstić information content (AvgIpc) is 3.49. The molecule has 0 aliphatic heterocycles. The number of carbonyl (C=O) groups is 2. The van der Waals surface area contributed by atoms with Gasteiger partial charge >= 0.3 is 6.18 Å². The molecule has 11 heteroatoms. The number of alkyl halides is 3. The zero-order chi connectivity index (χ0) is 30.3. The molecule has 0 aromatic heterocycles. The van der Waals surface area contributed by atoms with Gasteiger partial charge < -0.3 is 10.2 Å². The van der Waals surface area contributed by atoms with E-state index in [2.05, 4.69) is 5.32 Å². The number of hydrogen-bond donors (Lipinski definition) is 1. The number of amides is 2. The van der Waals surface area contributed by atoms with E-state index in [4.69, 9.17) is 0 Å². The van der Waals surface area contributed by atoms with E-state index >= 15 is 0 Å². The maximum Gasteiger partial charge on any atom is 0.416 e. The van der Waals surface area contributed by atoms with E-state index < -0.39 is 40.3 Å². The Hall–Kier alpha value is -3.86. The third kappa shape index (κ3) is 7.50. The number of hydrogen-bond acceptors (Lipinski definition) is 4. The molecule has 3 aromatic rings. The van der Waals surface area contributed by atoms with Gasteiger partial charge in [-0.2, -0.15) is 13.2 Å². The van der Waals surface area contributed by atoms with Crippen molar-refractivity contribution in [3.63, 3.8) is 0 Å². The van der Waals surface area contributed by atoms with Crippen molar-refractivity contribution in [3.05, 3.63) is 96.1 Å². The molecule has 1 aliphatic rings. The largest absolute Gasteiger partial charge is 0.416 e. The van der Waals surface area contributed by atoms with Crippen LogP contribution in [0.5, 0.6) is 0 Å². The van der Waals surface area contributed by atoms with Crippen molar-refractivity contribution < 1.29 is 31.2 Å². The van der Waals surface area contributed by atoms with E-state index in [0.717, 1.165) is 43.4 Å². The van der Waals surface area contributed by atoms with Gasteiger partial charge in [0.1, 0.15) is 12.6 Å². The third-order valence-electron chi connectivity index (χ3n) is 7.35. The Labute approximate surface area is 244 Å². The standard InChI is InChI=1S/C31H34F3N3O4S/c1-2-28(30(39)35-25-15-9-10-16-25)36(21-23-12-5-3-6-13-23)29(38)22-37(42(40,41)27-18-7-4-8-19-27)26-17-11-14-24(20-26)31(32,33)34/h3-8,11-14,17-20,25,28H,2,9-10,15-16,21-22H2,1H3,(H,35,39)/t28-/m1/s1. The van der Waals surface area contributed by atoms with Gasteiger partial charge in [0.25, 0.3) is 10.0 Å². The molecule has 0 radical (unpaired) electrons. The number of nitrogens with zero attached hydrogens (tertiary/aromatic N) is 2. The summed E-state index contributed by atoms with van der Waals surface area (Å²) in [4.78, 5) is 28.6. The van der Waals surface area contributed by atoms with Gasteiger partial charge in [-0.3, -0.25) is 13.9 Å². The van der Waals surface area contributed by atoms with Crippen LogP contribution < -0.4 is 9.62 Å². The summed E-state index contributed by atoms with van der Waals surface area (Å²) < 4.78 is 69.1. The number of halogens is 3. The predicted molar refractivity (Wildman–Crippen MR) is 154 cm³/mol. The summed E-state index contributed by atoms with van der Waals surface area (Å²) in [5, 5.41) is 3.03.